The van der Waals surface area contributed by atoms with Crippen LogP contribution in [0.4, 0.5) is 0 Å². The third kappa shape index (κ3) is 4.34. The van der Waals surface area contributed by atoms with Crippen molar-refractivity contribution in [2.24, 2.45) is 11.7 Å². The number of hydrogen-bond donors (Lipinski definition) is 3. The molecule has 1 fully saturated rings. The molecule has 0 aliphatic heterocycles. The van der Waals surface area contributed by atoms with Gasteiger partial charge in [0.1, 0.15) is 6.04 Å². The van der Waals surface area contributed by atoms with Gasteiger partial charge in [-0.15, -0.1) is 0 Å². The minimum absolute atomic E-state index is 0.229. The number of aliphatic carboxylic acids is 1. The van der Waals surface area contributed by atoms with Gasteiger partial charge in [0, 0.05) is 12.0 Å². The minimum Gasteiger partial charge on any atom is -0.480 e. The first-order valence-electron chi connectivity index (χ1n) is 6.13. The van der Waals surface area contributed by atoms with Crippen molar-refractivity contribution in [3.63, 3.8) is 0 Å². The topological polar surface area (TPSA) is 92.4 Å². The first-order valence-corrected chi connectivity index (χ1v) is 6.13. The molecule has 98 valence electrons. The number of hydrogen-bond acceptors (Lipinski definition) is 3. The van der Waals surface area contributed by atoms with Crippen molar-refractivity contribution >= 4 is 11.9 Å². The summed E-state index contributed by atoms with van der Waals surface area (Å²) in [4.78, 5) is 22.7. The fourth-order valence-electron chi connectivity index (χ4n) is 2.07. The van der Waals surface area contributed by atoms with E-state index in [1.807, 2.05) is 13.8 Å². The summed E-state index contributed by atoms with van der Waals surface area (Å²) in [6.45, 7) is 3.86. The van der Waals surface area contributed by atoms with Crippen LogP contribution in [0.2, 0.25) is 0 Å². The minimum atomic E-state index is -0.980. The number of carbonyl (C=O) groups is 2. The number of amides is 1. The maximum Gasteiger partial charge on any atom is 0.326 e. The molecule has 1 saturated carbocycles. The highest BCUT2D eigenvalue weighted by molar-refractivity contribution is 5.84. The van der Waals surface area contributed by atoms with Gasteiger partial charge in [-0.3, -0.25) is 4.79 Å². The van der Waals surface area contributed by atoms with Crippen LogP contribution >= 0.6 is 0 Å². The molecule has 1 amide bonds. The Morgan fingerprint density at radius 2 is 2.00 bits per heavy atom. The number of rotatable bonds is 6. The second-order valence-electron chi connectivity index (χ2n) is 5.48. The van der Waals surface area contributed by atoms with Gasteiger partial charge in [0.15, 0.2) is 0 Å². The van der Waals surface area contributed by atoms with Crippen LogP contribution in [0.3, 0.4) is 0 Å². The summed E-state index contributed by atoms with van der Waals surface area (Å²) in [5, 5.41) is 11.5. The van der Waals surface area contributed by atoms with Gasteiger partial charge in [-0.05, 0) is 31.6 Å². The molecule has 0 aromatic heterocycles. The molecule has 0 bridgehead atoms. The molecule has 0 heterocycles. The molecule has 0 aromatic carbocycles. The molecule has 0 spiro atoms. The average Bonchev–Trinajstić information content (AvgIpc) is 2.13. The average molecular weight is 242 g/mol. The Bertz CT molecular complexity index is 298. The molecule has 0 saturated heterocycles. The third-order valence-electron chi connectivity index (χ3n) is 3.20. The van der Waals surface area contributed by atoms with E-state index in [-0.39, 0.29) is 18.2 Å². The second-order valence-corrected chi connectivity index (χ2v) is 5.48. The molecule has 0 aromatic rings. The van der Waals surface area contributed by atoms with Crippen LogP contribution in [0, 0.1) is 5.92 Å². The fraction of sp³-hybridized carbons (Fsp3) is 0.833. The normalized spacial score (nSPS) is 19.5. The second kappa shape index (κ2) is 5.49. The predicted octanol–water partition coefficient (Wildman–Crippen LogP) is 0.873. The Hall–Kier alpha value is -1.10. The number of carboxylic acids is 1. The molecule has 4 N–H and O–H groups in total. The van der Waals surface area contributed by atoms with Crippen molar-refractivity contribution in [2.45, 2.75) is 57.5 Å². The van der Waals surface area contributed by atoms with Gasteiger partial charge in [-0.25, -0.2) is 4.79 Å². The van der Waals surface area contributed by atoms with Crippen molar-refractivity contribution in [2.75, 3.05) is 0 Å². The van der Waals surface area contributed by atoms with Crippen LogP contribution < -0.4 is 11.1 Å². The summed E-state index contributed by atoms with van der Waals surface area (Å²) in [5.41, 5.74) is 5.55. The molecule has 5 heteroatoms. The highest BCUT2D eigenvalue weighted by Gasteiger charge is 2.35. The summed E-state index contributed by atoms with van der Waals surface area (Å²) < 4.78 is 0. The Labute approximate surface area is 102 Å². The first-order chi connectivity index (χ1) is 7.82. The summed E-state index contributed by atoms with van der Waals surface area (Å²) >= 11 is 0. The van der Waals surface area contributed by atoms with Crippen LogP contribution in [0.15, 0.2) is 0 Å². The Morgan fingerprint density at radius 1 is 1.41 bits per heavy atom. The molecule has 5 nitrogen and oxygen atoms in total. The van der Waals surface area contributed by atoms with E-state index in [0.717, 1.165) is 19.3 Å². The van der Waals surface area contributed by atoms with Crippen LogP contribution in [0.1, 0.15) is 46.0 Å². The smallest absolute Gasteiger partial charge is 0.326 e. The van der Waals surface area contributed by atoms with E-state index >= 15 is 0 Å². The lowest BCUT2D eigenvalue weighted by atomic mass is 9.75. The zero-order valence-electron chi connectivity index (χ0n) is 10.5. The highest BCUT2D eigenvalue weighted by atomic mass is 16.4. The van der Waals surface area contributed by atoms with Crippen molar-refractivity contribution < 1.29 is 14.7 Å². The fourth-order valence-corrected chi connectivity index (χ4v) is 2.07. The summed E-state index contributed by atoms with van der Waals surface area (Å²) in [5.74, 6) is -1.00. The SMILES string of the molecule is CC(C)C[C@H](NC(=O)CC1(N)CCC1)C(=O)O. The van der Waals surface area contributed by atoms with Gasteiger partial charge >= 0.3 is 5.97 Å². The van der Waals surface area contributed by atoms with E-state index in [4.69, 9.17) is 10.8 Å². The van der Waals surface area contributed by atoms with Crippen molar-refractivity contribution in [1.82, 2.24) is 5.32 Å². The van der Waals surface area contributed by atoms with Crippen LogP contribution in [0.5, 0.6) is 0 Å². The Morgan fingerprint density at radius 3 is 2.35 bits per heavy atom. The van der Waals surface area contributed by atoms with E-state index in [1.165, 1.54) is 0 Å². The van der Waals surface area contributed by atoms with Crippen molar-refractivity contribution in [1.29, 1.82) is 0 Å². The lowest BCUT2D eigenvalue weighted by molar-refractivity contribution is -0.142. The van der Waals surface area contributed by atoms with Gasteiger partial charge in [-0.2, -0.15) is 0 Å². The van der Waals surface area contributed by atoms with Gasteiger partial charge in [-0.1, -0.05) is 13.8 Å². The van der Waals surface area contributed by atoms with Gasteiger partial charge in [0.05, 0.1) is 0 Å². The summed E-state index contributed by atoms with van der Waals surface area (Å²) in [6, 6.07) is -0.800. The largest absolute Gasteiger partial charge is 0.480 e. The summed E-state index contributed by atoms with van der Waals surface area (Å²) in [6.07, 6.45) is 3.43. The van der Waals surface area contributed by atoms with E-state index in [2.05, 4.69) is 5.32 Å². The monoisotopic (exact) mass is 242 g/mol. The summed E-state index contributed by atoms with van der Waals surface area (Å²) in [7, 11) is 0. The Kier molecular flexibility index (Phi) is 4.51. The van der Waals surface area contributed by atoms with E-state index < -0.39 is 17.6 Å². The van der Waals surface area contributed by atoms with Gasteiger partial charge in [0.2, 0.25) is 5.91 Å². The zero-order chi connectivity index (χ0) is 13.1. The predicted molar refractivity (Wildman–Crippen MR) is 64.4 cm³/mol. The van der Waals surface area contributed by atoms with Crippen molar-refractivity contribution in [3.05, 3.63) is 0 Å². The molecular weight excluding hydrogens is 220 g/mol. The van der Waals surface area contributed by atoms with Gasteiger partial charge < -0.3 is 16.2 Å². The quantitative estimate of drug-likeness (QED) is 0.644. The zero-order valence-corrected chi connectivity index (χ0v) is 10.5. The lowest BCUT2D eigenvalue weighted by Crippen LogP contribution is -2.52. The van der Waals surface area contributed by atoms with E-state index in [0.29, 0.717) is 6.42 Å². The van der Waals surface area contributed by atoms with Crippen LogP contribution in [0.25, 0.3) is 0 Å². The highest BCUT2D eigenvalue weighted by Crippen LogP contribution is 2.31. The maximum absolute atomic E-state index is 11.7. The number of carboxylic acid groups (broad SMARTS) is 1. The first kappa shape index (κ1) is 14.0. The Balaban J connectivity index is 2.43. The lowest BCUT2D eigenvalue weighted by Gasteiger charge is -2.37. The van der Waals surface area contributed by atoms with Crippen LogP contribution in [-0.4, -0.2) is 28.6 Å². The number of nitrogens with two attached hydrogens (primary N) is 1. The number of carbonyl (C=O) groups excluding carboxylic acids is 1. The number of nitrogens with one attached hydrogen (secondary N) is 1. The van der Waals surface area contributed by atoms with Crippen molar-refractivity contribution in [3.8, 4) is 0 Å². The van der Waals surface area contributed by atoms with E-state index in [9.17, 15) is 9.59 Å². The molecule has 1 aliphatic rings. The molecule has 0 unspecified atom stereocenters. The standard InChI is InChI=1S/C12H22N2O3/c1-8(2)6-9(11(16)17)14-10(15)7-12(13)4-3-5-12/h8-9H,3-7,13H2,1-2H3,(H,14,15)(H,16,17)/t9-/m0/s1. The maximum atomic E-state index is 11.7. The molecule has 1 rings (SSSR count). The van der Waals surface area contributed by atoms with E-state index in [1.54, 1.807) is 0 Å². The van der Waals surface area contributed by atoms with Crippen LogP contribution in [-0.2, 0) is 9.59 Å². The van der Waals surface area contributed by atoms with Gasteiger partial charge in [0.25, 0.3) is 0 Å². The molecule has 1 atom stereocenters. The molecule has 1 aliphatic carbocycles. The molecule has 17 heavy (non-hydrogen) atoms. The third-order valence-corrected chi connectivity index (χ3v) is 3.20. The molecule has 0 radical (unpaired) electrons. The molecular formula is C12H22N2O3.